The van der Waals surface area contributed by atoms with E-state index in [2.05, 4.69) is 49.5 Å². The number of fused-ring (bicyclic) bond motifs is 1. The van der Waals surface area contributed by atoms with E-state index in [-0.39, 0.29) is 5.91 Å². The number of benzene rings is 3. The first-order chi connectivity index (χ1) is 16.0. The minimum atomic E-state index is -0.281. The van der Waals surface area contributed by atoms with Crippen molar-refractivity contribution in [2.24, 2.45) is 5.10 Å². The molecule has 0 aromatic heterocycles. The molecule has 0 bridgehead atoms. The lowest BCUT2D eigenvalue weighted by Gasteiger charge is -2.18. The number of carbonyl (C=O) groups is 1. The molecule has 0 saturated carbocycles. The van der Waals surface area contributed by atoms with Gasteiger partial charge in [-0.3, -0.25) is 4.79 Å². The number of carbonyl (C=O) groups excluding carboxylic acids is 1. The van der Waals surface area contributed by atoms with Crippen molar-refractivity contribution in [1.82, 2.24) is 5.43 Å². The van der Waals surface area contributed by atoms with Crippen LogP contribution in [0, 0.1) is 6.92 Å². The van der Waals surface area contributed by atoms with E-state index < -0.39 is 0 Å². The minimum Gasteiger partial charge on any atom is -0.489 e. The Hall–Kier alpha value is -3.80. The van der Waals surface area contributed by atoms with E-state index in [0.29, 0.717) is 42.8 Å². The average molecular weight is 445 g/mol. The van der Waals surface area contributed by atoms with Crippen LogP contribution in [0.2, 0.25) is 0 Å². The van der Waals surface area contributed by atoms with Gasteiger partial charge in [-0.2, -0.15) is 5.10 Å². The van der Waals surface area contributed by atoms with Crippen molar-refractivity contribution in [3.05, 3.63) is 88.5 Å². The second-order valence-corrected chi connectivity index (χ2v) is 8.28. The fourth-order valence-electron chi connectivity index (χ4n) is 3.53. The van der Waals surface area contributed by atoms with Crippen molar-refractivity contribution < 1.29 is 19.0 Å². The first-order valence-corrected chi connectivity index (χ1v) is 11.0. The number of nitrogens with one attached hydrogen (secondary N) is 1. The molecule has 1 amide bonds. The normalized spacial score (nSPS) is 12.7. The second-order valence-electron chi connectivity index (χ2n) is 8.28. The zero-order chi connectivity index (χ0) is 23.2. The van der Waals surface area contributed by atoms with Crippen molar-refractivity contribution >= 4 is 12.1 Å². The summed E-state index contributed by atoms with van der Waals surface area (Å²) < 4.78 is 17.1. The first kappa shape index (κ1) is 22.4. The number of hydrogen-bond donors (Lipinski definition) is 1. The average Bonchev–Trinajstić information content (AvgIpc) is 2.82. The molecule has 170 valence electrons. The van der Waals surface area contributed by atoms with E-state index in [1.54, 1.807) is 18.3 Å². The Morgan fingerprint density at radius 3 is 2.55 bits per heavy atom. The van der Waals surface area contributed by atoms with Gasteiger partial charge < -0.3 is 14.2 Å². The highest BCUT2D eigenvalue weighted by atomic mass is 16.6. The molecule has 6 nitrogen and oxygen atoms in total. The Morgan fingerprint density at radius 1 is 1.03 bits per heavy atom. The maximum Gasteiger partial charge on any atom is 0.271 e. The molecular formula is C27H28N2O4. The SMILES string of the molecule is Cc1ccc(C(C)C)c(OCc2ccc(C(=O)N/N=C/c3ccc4c(c3)OCCO4)cc2)c1. The van der Waals surface area contributed by atoms with Crippen LogP contribution in [0.15, 0.2) is 65.8 Å². The maximum atomic E-state index is 12.4. The van der Waals surface area contributed by atoms with E-state index in [1.807, 2.05) is 30.3 Å². The maximum absolute atomic E-state index is 12.4. The molecule has 4 rings (SSSR count). The predicted molar refractivity (Wildman–Crippen MR) is 129 cm³/mol. The molecule has 0 atom stereocenters. The lowest BCUT2D eigenvalue weighted by Crippen LogP contribution is -2.18. The summed E-state index contributed by atoms with van der Waals surface area (Å²) >= 11 is 0. The number of hydrazone groups is 1. The number of ether oxygens (including phenoxy) is 3. The zero-order valence-corrected chi connectivity index (χ0v) is 19.1. The molecule has 1 aliphatic heterocycles. The molecule has 3 aromatic rings. The summed E-state index contributed by atoms with van der Waals surface area (Å²) in [5.74, 6) is 2.40. The van der Waals surface area contributed by atoms with Crippen LogP contribution >= 0.6 is 0 Å². The topological polar surface area (TPSA) is 69.2 Å². The van der Waals surface area contributed by atoms with Crippen molar-refractivity contribution in [3.8, 4) is 17.2 Å². The molecule has 0 fully saturated rings. The molecule has 0 unspecified atom stereocenters. The van der Waals surface area contributed by atoms with Crippen molar-refractivity contribution in [1.29, 1.82) is 0 Å². The lowest BCUT2D eigenvalue weighted by atomic mass is 10.0. The molecule has 0 spiro atoms. The van der Waals surface area contributed by atoms with Crippen LogP contribution < -0.4 is 19.6 Å². The third-order valence-corrected chi connectivity index (χ3v) is 5.35. The van der Waals surface area contributed by atoms with E-state index in [1.165, 1.54) is 11.1 Å². The molecule has 1 aliphatic rings. The van der Waals surface area contributed by atoms with Gasteiger partial charge in [-0.1, -0.05) is 38.1 Å². The Balaban J connectivity index is 1.33. The molecule has 33 heavy (non-hydrogen) atoms. The Labute approximate surface area is 194 Å². The molecule has 0 aliphatic carbocycles. The number of nitrogens with zero attached hydrogens (tertiary/aromatic N) is 1. The van der Waals surface area contributed by atoms with Crippen LogP contribution in [-0.2, 0) is 6.61 Å². The van der Waals surface area contributed by atoms with E-state index in [0.717, 1.165) is 16.9 Å². The molecule has 3 aromatic carbocycles. The van der Waals surface area contributed by atoms with Gasteiger partial charge in [0.25, 0.3) is 5.91 Å². The summed E-state index contributed by atoms with van der Waals surface area (Å²) in [6.07, 6.45) is 1.58. The monoisotopic (exact) mass is 444 g/mol. The van der Waals surface area contributed by atoms with E-state index in [9.17, 15) is 4.79 Å². The first-order valence-electron chi connectivity index (χ1n) is 11.0. The molecule has 1 heterocycles. The summed E-state index contributed by atoms with van der Waals surface area (Å²) in [6, 6.07) is 19.1. The van der Waals surface area contributed by atoms with Crippen LogP contribution in [0.3, 0.4) is 0 Å². The van der Waals surface area contributed by atoms with Crippen LogP contribution in [0.25, 0.3) is 0 Å². The van der Waals surface area contributed by atoms with Gasteiger partial charge in [0.05, 0.1) is 6.21 Å². The third kappa shape index (κ3) is 5.71. The standard InChI is InChI=1S/C27H28N2O4/c1-18(2)23-10-4-19(3)14-25(23)33-17-20-5-8-22(9-6-20)27(30)29-28-16-21-7-11-24-26(15-21)32-13-12-31-24/h4-11,14-16,18H,12-13,17H2,1-3H3,(H,29,30)/b28-16+. The summed E-state index contributed by atoms with van der Waals surface area (Å²) in [5, 5.41) is 4.05. The van der Waals surface area contributed by atoms with Crippen molar-refractivity contribution in [3.63, 3.8) is 0 Å². The number of hydrogen-bond acceptors (Lipinski definition) is 5. The lowest BCUT2D eigenvalue weighted by molar-refractivity contribution is 0.0955. The van der Waals surface area contributed by atoms with Gasteiger partial charge in [0.15, 0.2) is 11.5 Å². The molecule has 0 radical (unpaired) electrons. The Bertz CT molecular complexity index is 1150. The van der Waals surface area contributed by atoms with Crippen LogP contribution in [-0.4, -0.2) is 25.3 Å². The van der Waals surface area contributed by atoms with E-state index in [4.69, 9.17) is 14.2 Å². The van der Waals surface area contributed by atoms with Crippen molar-refractivity contribution in [2.45, 2.75) is 33.3 Å². The predicted octanol–water partition coefficient (Wildman–Crippen LogP) is 5.23. The number of rotatable bonds is 7. The summed E-state index contributed by atoms with van der Waals surface area (Å²) in [7, 11) is 0. The van der Waals surface area contributed by atoms with Gasteiger partial charge in [0, 0.05) is 5.56 Å². The van der Waals surface area contributed by atoms with Gasteiger partial charge >= 0.3 is 0 Å². The largest absolute Gasteiger partial charge is 0.489 e. The smallest absolute Gasteiger partial charge is 0.271 e. The van der Waals surface area contributed by atoms with E-state index >= 15 is 0 Å². The fraction of sp³-hybridized carbons (Fsp3) is 0.259. The second kappa shape index (κ2) is 10.2. The highest BCUT2D eigenvalue weighted by Gasteiger charge is 2.11. The highest BCUT2D eigenvalue weighted by molar-refractivity contribution is 5.95. The quantitative estimate of drug-likeness (QED) is 0.400. The van der Waals surface area contributed by atoms with Crippen molar-refractivity contribution in [2.75, 3.05) is 13.2 Å². The molecular weight excluding hydrogens is 416 g/mol. The summed E-state index contributed by atoms with van der Waals surface area (Å²) in [6.45, 7) is 7.87. The van der Waals surface area contributed by atoms with Crippen LogP contribution in [0.4, 0.5) is 0 Å². The molecule has 1 N–H and O–H groups in total. The summed E-state index contributed by atoms with van der Waals surface area (Å²) in [4.78, 5) is 12.4. The fourth-order valence-corrected chi connectivity index (χ4v) is 3.53. The molecule has 6 heteroatoms. The van der Waals surface area contributed by atoms with Crippen LogP contribution in [0.5, 0.6) is 17.2 Å². The Morgan fingerprint density at radius 2 is 1.79 bits per heavy atom. The van der Waals surface area contributed by atoms with Crippen LogP contribution in [0.1, 0.15) is 52.4 Å². The van der Waals surface area contributed by atoms with Gasteiger partial charge in [0.1, 0.15) is 25.6 Å². The highest BCUT2D eigenvalue weighted by Crippen LogP contribution is 2.30. The van der Waals surface area contributed by atoms with Gasteiger partial charge in [-0.05, 0) is 71.5 Å². The third-order valence-electron chi connectivity index (χ3n) is 5.35. The zero-order valence-electron chi connectivity index (χ0n) is 19.1. The minimum absolute atomic E-state index is 0.281. The number of aryl methyl sites for hydroxylation is 1. The number of amides is 1. The molecule has 0 saturated heterocycles. The van der Waals surface area contributed by atoms with Gasteiger partial charge in [0.2, 0.25) is 0 Å². The van der Waals surface area contributed by atoms with Gasteiger partial charge in [-0.15, -0.1) is 0 Å². The summed E-state index contributed by atoms with van der Waals surface area (Å²) in [5.41, 5.74) is 7.23. The Kier molecular flexibility index (Phi) is 6.93. The van der Waals surface area contributed by atoms with Gasteiger partial charge in [-0.25, -0.2) is 5.43 Å².